The molecule has 0 aliphatic rings. The number of anilines is 1. The van der Waals surface area contributed by atoms with Crippen molar-refractivity contribution in [1.29, 1.82) is 0 Å². The molecule has 0 atom stereocenters. The van der Waals surface area contributed by atoms with E-state index < -0.39 is 0 Å². The van der Waals surface area contributed by atoms with Gasteiger partial charge in [0.15, 0.2) is 0 Å². The summed E-state index contributed by atoms with van der Waals surface area (Å²) in [6.07, 6.45) is 3.49. The lowest BCUT2D eigenvalue weighted by molar-refractivity contribution is 0.0950. The smallest absolute Gasteiger partial charge is 0.253 e. The summed E-state index contributed by atoms with van der Waals surface area (Å²) in [5.74, 6) is -0.232. The Bertz CT molecular complexity index is 1110. The van der Waals surface area contributed by atoms with Crippen molar-refractivity contribution in [2.45, 2.75) is 13.1 Å². The Labute approximate surface area is 167 Å². The normalized spacial score (nSPS) is 10.8. The second kappa shape index (κ2) is 8.10. The minimum absolute atomic E-state index is 0.232. The first-order chi connectivity index (χ1) is 13.7. The highest BCUT2D eigenvalue weighted by molar-refractivity contribution is 6.34. The van der Waals surface area contributed by atoms with Crippen molar-refractivity contribution in [2.24, 2.45) is 0 Å². The van der Waals surface area contributed by atoms with Crippen molar-refractivity contribution >= 4 is 34.1 Å². The Hall–Kier alpha value is -3.38. The molecule has 1 amide bonds. The van der Waals surface area contributed by atoms with Gasteiger partial charge < -0.3 is 10.6 Å². The monoisotopic (exact) mass is 391 g/mol. The van der Waals surface area contributed by atoms with Crippen LogP contribution in [0.3, 0.4) is 0 Å². The number of halogens is 1. The van der Waals surface area contributed by atoms with Gasteiger partial charge in [-0.25, -0.2) is 0 Å². The molecule has 0 saturated carbocycles. The summed E-state index contributed by atoms with van der Waals surface area (Å²) in [6, 6.07) is 16.9. The van der Waals surface area contributed by atoms with Crippen LogP contribution in [0.15, 0.2) is 67.0 Å². The third kappa shape index (κ3) is 3.97. The van der Waals surface area contributed by atoms with Crippen LogP contribution < -0.4 is 10.6 Å². The SMILES string of the molecule is O=C(NCc1ccccn1)c1ccc(NCc2cccc3cn[nH]c23)cc1Cl. The summed E-state index contributed by atoms with van der Waals surface area (Å²) in [5.41, 5.74) is 4.16. The van der Waals surface area contributed by atoms with Gasteiger partial charge in [-0.05, 0) is 35.9 Å². The van der Waals surface area contributed by atoms with Crippen LogP contribution in [-0.2, 0) is 13.1 Å². The minimum atomic E-state index is -0.232. The predicted octanol–water partition coefficient (Wildman–Crippen LogP) is 4.15. The fraction of sp³-hybridized carbons (Fsp3) is 0.0952. The number of pyridine rings is 1. The number of benzene rings is 2. The molecule has 0 radical (unpaired) electrons. The molecule has 0 bridgehead atoms. The molecule has 2 aromatic carbocycles. The maximum atomic E-state index is 12.4. The predicted molar refractivity (Wildman–Crippen MR) is 110 cm³/mol. The number of carbonyl (C=O) groups is 1. The number of aromatic amines is 1. The van der Waals surface area contributed by atoms with Crippen LogP contribution in [0.1, 0.15) is 21.6 Å². The molecule has 0 fully saturated rings. The highest BCUT2D eigenvalue weighted by Gasteiger charge is 2.11. The van der Waals surface area contributed by atoms with Crippen molar-refractivity contribution in [3.63, 3.8) is 0 Å². The van der Waals surface area contributed by atoms with E-state index in [9.17, 15) is 4.79 Å². The van der Waals surface area contributed by atoms with Gasteiger partial charge in [-0.1, -0.05) is 35.9 Å². The number of H-pyrrole nitrogens is 1. The maximum absolute atomic E-state index is 12.4. The molecule has 0 saturated heterocycles. The molecule has 2 aromatic heterocycles. The quantitative estimate of drug-likeness (QED) is 0.461. The first-order valence-corrected chi connectivity index (χ1v) is 9.21. The van der Waals surface area contributed by atoms with Gasteiger partial charge in [-0.15, -0.1) is 0 Å². The number of nitrogens with zero attached hydrogens (tertiary/aromatic N) is 2. The molecule has 0 aliphatic heterocycles. The number of aromatic nitrogens is 3. The van der Waals surface area contributed by atoms with E-state index >= 15 is 0 Å². The van der Waals surface area contributed by atoms with Gasteiger partial charge in [0.25, 0.3) is 5.91 Å². The van der Waals surface area contributed by atoms with Crippen LogP contribution in [0.5, 0.6) is 0 Å². The Morgan fingerprint density at radius 3 is 2.82 bits per heavy atom. The molecule has 28 heavy (non-hydrogen) atoms. The number of para-hydroxylation sites is 1. The zero-order chi connectivity index (χ0) is 19.3. The molecular weight excluding hydrogens is 374 g/mol. The molecule has 4 rings (SSSR count). The van der Waals surface area contributed by atoms with E-state index in [0.29, 0.717) is 23.7 Å². The number of carbonyl (C=O) groups excluding carboxylic acids is 1. The lowest BCUT2D eigenvalue weighted by Gasteiger charge is -2.11. The summed E-state index contributed by atoms with van der Waals surface area (Å²) < 4.78 is 0. The van der Waals surface area contributed by atoms with Gasteiger partial charge in [-0.2, -0.15) is 5.10 Å². The van der Waals surface area contributed by atoms with E-state index in [1.54, 1.807) is 24.5 Å². The topological polar surface area (TPSA) is 82.7 Å². The van der Waals surface area contributed by atoms with E-state index in [1.165, 1.54) is 0 Å². The fourth-order valence-corrected chi connectivity index (χ4v) is 3.22. The zero-order valence-electron chi connectivity index (χ0n) is 14.9. The highest BCUT2D eigenvalue weighted by Crippen LogP contribution is 2.23. The fourth-order valence-electron chi connectivity index (χ4n) is 2.95. The first-order valence-electron chi connectivity index (χ1n) is 8.83. The summed E-state index contributed by atoms with van der Waals surface area (Å²) in [6.45, 7) is 0.964. The van der Waals surface area contributed by atoms with Crippen LogP contribution in [0.2, 0.25) is 5.02 Å². The Morgan fingerprint density at radius 1 is 1.07 bits per heavy atom. The van der Waals surface area contributed by atoms with Crippen LogP contribution in [-0.4, -0.2) is 21.1 Å². The van der Waals surface area contributed by atoms with Crippen molar-refractivity contribution in [1.82, 2.24) is 20.5 Å². The van der Waals surface area contributed by atoms with Crippen LogP contribution >= 0.6 is 11.6 Å². The number of fused-ring (bicyclic) bond motifs is 1. The van der Waals surface area contributed by atoms with E-state index in [2.05, 4.69) is 25.8 Å². The van der Waals surface area contributed by atoms with Crippen LogP contribution in [0.25, 0.3) is 10.9 Å². The third-order valence-corrected chi connectivity index (χ3v) is 4.73. The van der Waals surface area contributed by atoms with Crippen molar-refractivity contribution in [2.75, 3.05) is 5.32 Å². The molecule has 4 aromatic rings. The molecule has 3 N–H and O–H groups in total. The zero-order valence-corrected chi connectivity index (χ0v) is 15.7. The second-order valence-electron chi connectivity index (χ2n) is 6.30. The summed E-state index contributed by atoms with van der Waals surface area (Å²) in [7, 11) is 0. The van der Waals surface area contributed by atoms with E-state index in [-0.39, 0.29) is 5.91 Å². The molecule has 140 valence electrons. The summed E-state index contributed by atoms with van der Waals surface area (Å²) in [4.78, 5) is 16.6. The lowest BCUT2D eigenvalue weighted by atomic mass is 10.1. The number of nitrogens with one attached hydrogen (secondary N) is 3. The number of hydrogen-bond donors (Lipinski definition) is 3. The third-order valence-electron chi connectivity index (χ3n) is 4.42. The number of amides is 1. The molecular formula is C21H18ClN5O. The second-order valence-corrected chi connectivity index (χ2v) is 6.71. The lowest BCUT2D eigenvalue weighted by Crippen LogP contribution is -2.23. The Morgan fingerprint density at radius 2 is 2.00 bits per heavy atom. The molecule has 2 heterocycles. The highest BCUT2D eigenvalue weighted by atomic mass is 35.5. The van der Waals surface area contributed by atoms with Crippen molar-refractivity contribution in [3.05, 3.63) is 88.8 Å². The standard InChI is InChI=1S/C21H18ClN5O/c22-19-10-16(24-11-14-4-3-5-15-12-26-27-20(14)15)7-8-18(19)21(28)25-13-17-6-1-2-9-23-17/h1-10,12,24H,11,13H2,(H,25,28)(H,26,27). The Kier molecular flexibility index (Phi) is 5.21. The van der Waals surface area contributed by atoms with Gasteiger partial charge in [0, 0.05) is 23.8 Å². The van der Waals surface area contributed by atoms with E-state index in [1.807, 2.05) is 42.5 Å². The molecule has 0 spiro atoms. The van der Waals surface area contributed by atoms with Gasteiger partial charge in [0.1, 0.15) is 0 Å². The summed E-state index contributed by atoms with van der Waals surface area (Å²) >= 11 is 6.33. The van der Waals surface area contributed by atoms with E-state index in [0.717, 1.165) is 27.8 Å². The largest absolute Gasteiger partial charge is 0.381 e. The number of rotatable bonds is 6. The van der Waals surface area contributed by atoms with Gasteiger partial charge >= 0.3 is 0 Å². The molecule has 7 heteroatoms. The van der Waals surface area contributed by atoms with Gasteiger partial charge in [0.05, 0.1) is 34.5 Å². The maximum Gasteiger partial charge on any atom is 0.253 e. The van der Waals surface area contributed by atoms with Crippen molar-refractivity contribution in [3.8, 4) is 0 Å². The molecule has 0 aliphatic carbocycles. The summed E-state index contributed by atoms with van der Waals surface area (Å²) in [5, 5.41) is 14.7. The molecule has 6 nitrogen and oxygen atoms in total. The first kappa shape index (κ1) is 18.0. The van der Waals surface area contributed by atoms with Crippen LogP contribution in [0, 0.1) is 0 Å². The van der Waals surface area contributed by atoms with Crippen LogP contribution in [0.4, 0.5) is 5.69 Å². The average molecular weight is 392 g/mol. The van der Waals surface area contributed by atoms with E-state index in [4.69, 9.17) is 11.6 Å². The number of hydrogen-bond acceptors (Lipinski definition) is 4. The minimum Gasteiger partial charge on any atom is -0.381 e. The average Bonchev–Trinajstić information content (AvgIpc) is 3.21. The van der Waals surface area contributed by atoms with Gasteiger partial charge in [0.2, 0.25) is 0 Å². The molecule has 0 unspecified atom stereocenters. The van der Waals surface area contributed by atoms with Crippen molar-refractivity contribution < 1.29 is 4.79 Å². The van der Waals surface area contributed by atoms with Gasteiger partial charge in [-0.3, -0.25) is 14.9 Å². The Balaban J connectivity index is 1.41.